The van der Waals surface area contributed by atoms with Crippen LogP contribution in [0.5, 0.6) is 0 Å². The molecule has 0 saturated carbocycles. The first-order valence-electron chi connectivity index (χ1n) is 9.03. The molecule has 1 saturated heterocycles. The fourth-order valence-corrected chi connectivity index (χ4v) is 3.79. The molecule has 1 fully saturated rings. The lowest BCUT2D eigenvalue weighted by atomic mass is 9.70. The Morgan fingerprint density at radius 2 is 1.85 bits per heavy atom. The molecule has 0 unspecified atom stereocenters. The van der Waals surface area contributed by atoms with E-state index in [0.717, 1.165) is 5.57 Å². The summed E-state index contributed by atoms with van der Waals surface area (Å²) in [5.74, 6) is -0.108. The second-order valence-corrected chi connectivity index (χ2v) is 7.95. The molecule has 1 aliphatic heterocycles. The minimum Gasteiger partial charge on any atom is -0.394 e. The van der Waals surface area contributed by atoms with E-state index in [-0.39, 0.29) is 5.78 Å². The van der Waals surface area contributed by atoms with Crippen molar-refractivity contribution in [3.05, 3.63) is 23.3 Å². The van der Waals surface area contributed by atoms with Gasteiger partial charge in [0.05, 0.1) is 12.7 Å². The van der Waals surface area contributed by atoms with E-state index in [1.54, 1.807) is 13.0 Å². The second-order valence-electron chi connectivity index (χ2n) is 7.95. The van der Waals surface area contributed by atoms with Gasteiger partial charge in [0.25, 0.3) is 0 Å². The number of carbonyl (C=O) groups excluding carboxylic acids is 1. The maximum absolute atomic E-state index is 11.3. The van der Waals surface area contributed by atoms with Crippen LogP contribution in [0.2, 0.25) is 0 Å². The highest BCUT2D eigenvalue weighted by Crippen LogP contribution is 2.42. The van der Waals surface area contributed by atoms with Crippen molar-refractivity contribution in [3.8, 4) is 0 Å². The Balaban J connectivity index is 2.30. The quantitative estimate of drug-likeness (QED) is 0.396. The van der Waals surface area contributed by atoms with E-state index < -0.39 is 54.9 Å². The van der Waals surface area contributed by atoms with Gasteiger partial charge in [-0.1, -0.05) is 19.9 Å². The van der Waals surface area contributed by atoms with Gasteiger partial charge in [0, 0.05) is 0 Å². The van der Waals surface area contributed by atoms with Gasteiger partial charge in [-0.25, -0.2) is 0 Å². The number of allylic oxidation sites excluding steroid dienone is 3. The minimum atomic E-state index is -1.56. The molecule has 0 radical (unpaired) electrons. The number of hydrogen-bond donors (Lipinski definition) is 5. The molecule has 8 nitrogen and oxygen atoms in total. The smallest absolute Gasteiger partial charge is 0.187 e. The van der Waals surface area contributed by atoms with Crippen LogP contribution in [0.25, 0.3) is 0 Å². The Labute approximate surface area is 158 Å². The number of aliphatic hydroxyl groups excluding tert-OH is 5. The molecule has 5 N–H and O–H groups in total. The predicted molar refractivity (Wildman–Crippen MR) is 95.6 cm³/mol. The molecule has 1 aliphatic carbocycles. The molecule has 2 rings (SSSR count). The summed E-state index contributed by atoms with van der Waals surface area (Å²) in [6, 6.07) is 0. The molecule has 0 spiro atoms. The van der Waals surface area contributed by atoms with Crippen molar-refractivity contribution in [2.24, 2.45) is 5.41 Å². The van der Waals surface area contributed by atoms with Gasteiger partial charge < -0.3 is 35.0 Å². The summed E-state index contributed by atoms with van der Waals surface area (Å²) in [6.45, 7) is 6.54. The average Bonchev–Trinajstić information content (AvgIpc) is 2.57. The number of aliphatic hydroxyl groups is 5. The number of ketones is 1. The van der Waals surface area contributed by atoms with Crippen LogP contribution in [0.1, 0.15) is 34.1 Å². The van der Waals surface area contributed by atoms with Crippen LogP contribution < -0.4 is 0 Å². The van der Waals surface area contributed by atoms with Gasteiger partial charge in [-0.2, -0.15) is 0 Å². The van der Waals surface area contributed by atoms with Crippen molar-refractivity contribution in [2.45, 2.75) is 77.0 Å². The van der Waals surface area contributed by atoms with Crippen LogP contribution in [-0.2, 0) is 14.3 Å². The highest BCUT2D eigenvalue weighted by molar-refractivity contribution is 5.87. The first kappa shape index (κ1) is 22.2. The maximum atomic E-state index is 11.3. The van der Waals surface area contributed by atoms with Crippen LogP contribution in [0.4, 0.5) is 0 Å². The largest absolute Gasteiger partial charge is 0.394 e. The molecular formula is C19H30O8. The number of rotatable bonds is 5. The summed E-state index contributed by atoms with van der Waals surface area (Å²) in [4.78, 5) is 11.3. The average molecular weight is 386 g/mol. The summed E-state index contributed by atoms with van der Waals surface area (Å²) in [7, 11) is 0. The number of ether oxygens (including phenoxy) is 2. The SMILES string of the molecule is CC(=O)/C=C/C1=C(C)[C@@H](O[C@@H]2O[C@H](CO)[C@@H](O)[C@H](O)[C@H]2O)[C@@H](O)CC1(C)C. The van der Waals surface area contributed by atoms with Gasteiger partial charge in [0.1, 0.15) is 30.5 Å². The highest BCUT2D eigenvalue weighted by Gasteiger charge is 2.47. The summed E-state index contributed by atoms with van der Waals surface area (Å²) in [5.41, 5.74) is 1.11. The molecular weight excluding hydrogens is 356 g/mol. The van der Waals surface area contributed by atoms with Gasteiger partial charge in [-0.05, 0) is 42.9 Å². The Hall–Kier alpha value is -1.13. The minimum absolute atomic E-state index is 0.108. The van der Waals surface area contributed by atoms with Crippen LogP contribution in [-0.4, -0.2) is 80.8 Å². The third-order valence-corrected chi connectivity index (χ3v) is 5.26. The number of carbonyl (C=O) groups is 1. The van der Waals surface area contributed by atoms with Crippen molar-refractivity contribution in [1.82, 2.24) is 0 Å². The van der Waals surface area contributed by atoms with E-state index in [4.69, 9.17) is 9.47 Å². The fourth-order valence-electron chi connectivity index (χ4n) is 3.79. The monoisotopic (exact) mass is 386 g/mol. The Morgan fingerprint density at radius 3 is 2.41 bits per heavy atom. The summed E-state index contributed by atoms with van der Waals surface area (Å²) in [5, 5.41) is 49.8. The zero-order valence-electron chi connectivity index (χ0n) is 16.1. The molecule has 0 aromatic heterocycles. The fraction of sp³-hybridized carbons (Fsp3) is 0.737. The van der Waals surface area contributed by atoms with Gasteiger partial charge in [-0.3, -0.25) is 4.79 Å². The molecule has 0 bridgehead atoms. The number of hydrogen-bond acceptors (Lipinski definition) is 8. The van der Waals surface area contributed by atoms with Gasteiger partial charge in [-0.15, -0.1) is 0 Å². The summed E-state index contributed by atoms with van der Waals surface area (Å²) < 4.78 is 11.1. The lowest BCUT2D eigenvalue weighted by Crippen LogP contribution is -2.60. The molecule has 2 aliphatic rings. The lowest BCUT2D eigenvalue weighted by molar-refractivity contribution is -0.314. The van der Waals surface area contributed by atoms with Crippen LogP contribution in [0.3, 0.4) is 0 Å². The van der Waals surface area contributed by atoms with E-state index >= 15 is 0 Å². The van der Waals surface area contributed by atoms with Crippen molar-refractivity contribution < 1.29 is 39.8 Å². The van der Waals surface area contributed by atoms with E-state index in [9.17, 15) is 30.3 Å². The van der Waals surface area contributed by atoms with Gasteiger partial charge in [0.2, 0.25) is 0 Å². The first-order valence-corrected chi connectivity index (χ1v) is 9.03. The summed E-state index contributed by atoms with van der Waals surface area (Å²) in [6.07, 6.45) is -5.26. The maximum Gasteiger partial charge on any atom is 0.187 e. The molecule has 7 atom stereocenters. The van der Waals surface area contributed by atoms with Crippen molar-refractivity contribution in [3.63, 3.8) is 0 Å². The normalized spacial score (nSPS) is 39.8. The first-order chi connectivity index (χ1) is 12.5. The van der Waals surface area contributed by atoms with E-state index in [0.29, 0.717) is 12.0 Å². The standard InChI is InChI=1S/C19H30O8/c1-9(21)5-6-11-10(2)17(12(22)7-19(11,3)4)27-18-16(25)15(24)14(23)13(8-20)26-18/h5-6,12-18,20,22-25H,7-8H2,1-4H3/b6-5+/t12-,13+,14+,15-,16+,17+,18-/m0/s1. The van der Waals surface area contributed by atoms with Gasteiger partial charge >= 0.3 is 0 Å². The zero-order chi connectivity index (χ0) is 20.5. The van der Waals surface area contributed by atoms with E-state index in [2.05, 4.69) is 0 Å². The molecule has 8 heteroatoms. The lowest BCUT2D eigenvalue weighted by Gasteiger charge is -2.45. The van der Waals surface area contributed by atoms with E-state index in [1.165, 1.54) is 13.0 Å². The van der Waals surface area contributed by atoms with E-state index in [1.807, 2.05) is 13.8 Å². The predicted octanol–water partition coefficient (Wildman–Crippen LogP) is -0.576. The Kier molecular flexibility index (Phi) is 6.96. The molecule has 0 aromatic carbocycles. The molecule has 154 valence electrons. The molecule has 27 heavy (non-hydrogen) atoms. The Bertz CT molecular complexity index is 609. The molecule has 1 heterocycles. The highest BCUT2D eigenvalue weighted by atomic mass is 16.7. The molecule has 0 aromatic rings. The second kappa shape index (κ2) is 8.48. The zero-order valence-corrected chi connectivity index (χ0v) is 16.1. The summed E-state index contributed by atoms with van der Waals surface area (Å²) >= 11 is 0. The Morgan fingerprint density at radius 1 is 1.22 bits per heavy atom. The topological polar surface area (TPSA) is 137 Å². The van der Waals surface area contributed by atoms with Crippen molar-refractivity contribution >= 4 is 5.78 Å². The van der Waals surface area contributed by atoms with Crippen LogP contribution in [0.15, 0.2) is 23.3 Å². The van der Waals surface area contributed by atoms with Crippen LogP contribution in [0, 0.1) is 5.41 Å². The third-order valence-electron chi connectivity index (χ3n) is 5.26. The molecule has 0 amide bonds. The third kappa shape index (κ3) is 4.65. The van der Waals surface area contributed by atoms with Crippen molar-refractivity contribution in [1.29, 1.82) is 0 Å². The van der Waals surface area contributed by atoms with Crippen molar-refractivity contribution in [2.75, 3.05) is 6.61 Å². The van der Waals surface area contributed by atoms with Gasteiger partial charge in [0.15, 0.2) is 12.1 Å². The van der Waals surface area contributed by atoms with Crippen LogP contribution >= 0.6 is 0 Å².